The van der Waals surface area contributed by atoms with Gasteiger partial charge in [0.25, 0.3) is 11.8 Å². The Bertz CT molecular complexity index is 1020. The fourth-order valence-corrected chi connectivity index (χ4v) is 3.31. The SMILES string of the molecule is COc1ccc(N2C(=O)/C(=C/c3cc(C)n(C)c3C)C(=O)NC2=S)c(OC)c1. The van der Waals surface area contributed by atoms with Gasteiger partial charge >= 0.3 is 0 Å². The lowest BCUT2D eigenvalue weighted by Gasteiger charge is -2.30. The Kier molecular flexibility index (Phi) is 5.24. The van der Waals surface area contributed by atoms with E-state index in [1.807, 2.05) is 31.5 Å². The predicted molar refractivity (Wildman–Crippen MR) is 111 cm³/mol. The number of hydrogen-bond acceptors (Lipinski definition) is 5. The Morgan fingerprint density at radius 2 is 1.82 bits per heavy atom. The van der Waals surface area contributed by atoms with Gasteiger partial charge in [0.1, 0.15) is 17.1 Å². The Hall–Kier alpha value is -3.13. The van der Waals surface area contributed by atoms with Gasteiger partial charge in [-0.1, -0.05) is 0 Å². The molecule has 0 aliphatic carbocycles. The van der Waals surface area contributed by atoms with Gasteiger partial charge in [-0.25, -0.2) is 4.90 Å². The molecule has 2 heterocycles. The van der Waals surface area contributed by atoms with Gasteiger partial charge in [0.05, 0.1) is 19.9 Å². The maximum atomic E-state index is 13.2. The van der Waals surface area contributed by atoms with Gasteiger partial charge in [-0.2, -0.15) is 0 Å². The van der Waals surface area contributed by atoms with Crippen LogP contribution in [0.4, 0.5) is 5.69 Å². The lowest BCUT2D eigenvalue weighted by Crippen LogP contribution is -2.54. The first-order valence-corrected chi connectivity index (χ1v) is 8.95. The van der Waals surface area contributed by atoms with Crippen molar-refractivity contribution in [1.29, 1.82) is 0 Å². The Labute approximate surface area is 168 Å². The molecule has 28 heavy (non-hydrogen) atoms. The summed E-state index contributed by atoms with van der Waals surface area (Å²) < 4.78 is 12.6. The number of methoxy groups -OCH3 is 2. The molecule has 3 rings (SSSR count). The molecule has 1 aromatic heterocycles. The zero-order valence-corrected chi connectivity index (χ0v) is 17.1. The monoisotopic (exact) mass is 399 g/mol. The van der Waals surface area contributed by atoms with E-state index in [1.165, 1.54) is 19.1 Å². The Morgan fingerprint density at radius 1 is 1.11 bits per heavy atom. The van der Waals surface area contributed by atoms with E-state index in [1.54, 1.807) is 24.3 Å². The number of nitrogens with one attached hydrogen (secondary N) is 1. The van der Waals surface area contributed by atoms with Crippen LogP contribution in [0.2, 0.25) is 0 Å². The third-order valence-electron chi connectivity index (χ3n) is 4.84. The number of aryl methyl sites for hydroxylation is 1. The van der Waals surface area contributed by atoms with Crippen molar-refractivity contribution in [2.45, 2.75) is 13.8 Å². The van der Waals surface area contributed by atoms with Crippen LogP contribution in [0.3, 0.4) is 0 Å². The molecule has 0 unspecified atom stereocenters. The lowest BCUT2D eigenvalue weighted by molar-refractivity contribution is -0.122. The maximum absolute atomic E-state index is 13.2. The Balaban J connectivity index is 2.08. The van der Waals surface area contributed by atoms with Gasteiger partial charge < -0.3 is 14.0 Å². The number of rotatable bonds is 4. The molecule has 1 aromatic carbocycles. The molecule has 0 bridgehead atoms. The molecule has 146 valence electrons. The van der Waals surface area contributed by atoms with Gasteiger partial charge in [-0.3, -0.25) is 14.9 Å². The van der Waals surface area contributed by atoms with Crippen LogP contribution in [0.1, 0.15) is 17.0 Å². The van der Waals surface area contributed by atoms with Crippen molar-refractivity contribution in [3.8, 4) is 11.5 Å². The van der Waals surface area contributed by atoms with Gasteiger partial charge in [0, 0.05) is 24.5 Å². The number of thiocarbonyl (C=S) groups is 1. The second-order valence-corrected chi connectivity index (χ2v) is 6.77. The zero-order chi connectivity index (χ0) is 20.6. The minimum absolute atomic E-state index is 0.000158. The molecule has 1 fully saturated rings. The molecule has 7 nitrogen and oxygen atoms in total. The summed E-state index contributed by atoms with van der Waals surface area (Å²) in [4.78, 5) is 26.9. The molecular weight excluding hydrogens is 378 g/mol. The second kappa shape index (κ2) is 7.47. The minimum atomic E-state index is -0.528. The summed E-state index contributed by atoms with van der Waals surface area (Å²) in [7, 11) is 4.96. The highest BCUT2D eigenvalue weighted by Gasteiger charge is 2.36. The number of benzene rings is 1. The van der Waals surface area contributed by atoms with Crippen LogP contribution < -0.4 is 19.7 Å². The molecule has 1 saturated heterocycles. The summed E-state index contributed by atoms with van der Waals surface area (Å²) >= 11 is 5.26. The Morgan fingerprint density at radius 3 is 2.39 bits per heavy atom. The van der Waals surface area contributed by atoms with Gasteiger partial charge in [-0.15, -0.1) is 0 Å². The van der Waals surface area contributed by atoms with Crippen LogP contribution in [0.5, 0.6) is 11.5 Å². The second-order valence-electron chi connectivity index (χ2n) is 6.38. The van der Waals surface area contributed by atoms with E-state index in [0.29, 0.717) is 17.2 Å². The van der Waals surface area contributed by atoms with E-state index in [-0.39, 0.29) is 10.7 Å². The highest BCUT2D eigenvalue weighted by molar-refractivity contribution is 7.80. The molecular formula is C20H21N3O4S. The van der Waals surface area contributed by atoms with Crippen LogP contribution in [-0.2, 0) is 16.6 Å². The molecule has 1 aliphatic heterocycles. The number of aromatic nitrogens is 1. The minimum Gasteiger partial charge on any atom is -0.497 e. The van der Waals surface area contributed by atoms with Crippen molar-refractivity contribution < 1.29 is 19.1 Å². The van der Waals surface area contributed by atoms with Gasteiger partial charge in [-0.05, 0) is 55.9 Å². The van der Waals surface area contributed by atoms with E-state index in [4.69, 9.17) is 21.7 Å². The first-order valence-electron chi connectivity index (χ1n) is 8.55. The average molecular weight is 399 g/mol. The summed E-state index contributed by atoms with van der Waals surface area (Å²) in [6, 6.07) is 6.93. The first-order chi connectivity index (χ1) is 13.3. The van der Waals surface area contributed by atoms with E-state index >= 15 is 0 Å². The largest absolute Gasteiger partial charge is 0.497 e. The summed E-state index contributed by atoms with van der Waals surface area (Å²) in [6.45, 7) is 3.89. The van der Waals surface area contributed by atoms with Crippen molar-refractivity contribution in [1.82, 2.24) is 9.88 Å². The number of nitrogens with zero attached hydrogens (tertiary/aromatic N) is 2. The van der Waals surface area contributed by atoms with Crippen molar-refractivity contribution >= 4 is 40.9 Å². The quantitative estimate of drug-likeness (QED) is 0.486. The summed E-state index contributed by atoms with van der Waals surface area (Å²) in [5.41, 5.74) is 3.20. The predicted octanol–water partition coefficient (Wildman–Crippen LogP) is 2.49. The fourth-order valence-electron chi connectivity index (χ4n) is 3.03. The molecule has 0 atom stereocenters. The molecule has 1 aliphatic rings. The number of anilines is 1. The fraction of sp³-hybridized carbons (Fsp3) is 0.250. The van der Waals surface area contributed by atoms with Gasteiger partial charge in [0.2, 0.25) is 0 Å². The highest BCUT2D eigenvalue weighted by atomic mass is 32.1. The lowest BCUT2D eigenvalue weighted by atomic mass is 10.1. The summed E-state index contributed by atoms with van der Waals surface area (Å²) in [6.07, 6.45) is 1.59. The van der Waals surface area contributed by atoms with Crippen molar-refractivity contribution in [2.24, 2.45) is 7.05 Å². The molecule has 8 heteroatoms. The topological polar surface area (TPSA) is 72.8 Å². The summed E-state index contributed by atoms with van der Waals surface area (Å²) in [5, 5.41) is 2.58. The number of carbonyl (C=O) groups excluding carboxylic acids is 2. The number of carbonyl (C=O) groups is 2. The van der Waals surface area contributed by atoms with Crippen LogP contribution in [0.25, 0.3) is 6.08 Å². The third-order valence-corrected chi connectivity index (χ3v) is 5.13. The van der Waals surface area contributed by atoms with Crippen molar-refractivity contribution in [3.05, 3.63) is 46.8 Å². The van der Waals surface area contributed by atoms with Crippen LogP contribution >= 0.6 is 12.2 Å². The molecule has 2 amide bonds. The molecule has 0 spiro atoms. The molecule has 0 radical (unpaired) electrons. The van der Waals surface area contributed by atoms with E-state index in [0.717, 1.165) is 17.0 Å². The number of ether oxygens (including phenoxy) is 2. The van der Waals surface area contributed by atoms with Crippen LogP contribution in [0, 0.1) is 13.8 Å². The molecule has 0 saturated carbocycles. The maximum Gasteiger partial charge on any atom is 0.270 e. The zero-order valence-electron chi connectivity index (χ0n) is 16.3. The van der Waals surface area contributed by atoms with Crippen molar-refractivity contribution in [2.75, 3.05) is 19.1 Å². The van der Waals surface area contributed by atoms with Crippen LogP contribution in [0.15, 0.2) is 29.8 Å². The standard InChI is InChI=1S/C20H21N3O4S/c1-11-8-13(12(2)22(11)3)9-15-18(24)21-20(28)23(19(15)25)16-7-6-14(26-4)10-17(16)27-5/h6-10H,1-5H3,(H,21,24,28)/b15-9+. The molecule has 1 N–H and O–H groups in total. The number of hydrogen-bond donors (Lipinski definition) is 1. The third kappa shape index (κ3) is 3.27. The average Bonchev–Trinajstić information content (AvgIpc) is 2.91. The molecule has 2 aromatic rings. The highest BCUT2D eigenvalue weighted by Crippen LogP contribution is 2.34. The summed E-state index contributed by atoms with van der Waals surface area (Å²) in [5.74, 6) is -0.0683. The van der Waals surface area contributed by atoms with E-state index in [9.17, 15) is 9.59 Å². The van der Waals surface area contributed by atoms with Gasteiger partial charge in [0.15, 0.2) is 5.11 Å². The van der Waals surface area contributed by atoms with E-state index in [2.05, 4.69) is 5.32 Å². The van der Waals surface area contributed by atoms with E-state index < -0.39 is 11.8 Å². The van der Waals surface area contributed by atoms with Crippen LogP contribution in [-0.4, -0.2) is 35.7 Å². The smallest absolute Gasteiger partial charge is 0.270 e. The normalized spacial score (nSPS) is 15.8. The van der Waals surface area contributed by atoms with Crippen molar-refractivity contribution in [3.63, 3.8) is 0 Å². The number of amides is 2. The first kappa shape index (κ1) is 19.6.